The lowest BCUT2D eigenvalue weighted by Crippen LogP contribution is -2.24. The Morgan fingerprint density at radius 2 is 1.82 bits per heavy atom. The number of hydrogen-bond acceptors (Lipinski definition) is 4. The minimum Gasteiger partial charge on any atom is -0.490 e. The number of anilines is 1. The quantitative estimate of drug-likeness (QED) is 0.228. The van der Waals surface area contributed by atoms with Crippen molar-refractivity contribution in [2.75, 3.05) is 11.9 Å². The van der Waals surface area contributed by atoms with Gasteiger partial charge in [0.25, 0.3) is 0 Å². The minimum absolute atomic E-state index is 0.254. The summed E-state index contributed by atoms with van der Waals surface area (Å²) in [5.41, 5.74) is 5.63. The van der Waals surface area contributed by atoms with Crippen molar-refractivity contribution in [3.63, 3.8) is 0 Å². The Kier molecular flexibility index (Phi) is 8.85. The molecule has 9 heteroatoms. The van der Waals surface area contributed by atoms with Gasteiger partial charge in [-0.3, -0.25) is 0 Å². The van der Waals surface area contributed by atoms with Gasteiger partial charge in [-0.25, -0.2) is 14.6 Å². The summed E-state index contributed by atoms with van der Waals surface area (Å²) >= 11 is 6.93. The van der Waals surface area contributed by atoms with E-state index in [2.05, 4.69) is 47.7 Å². The van der Waals surface area contributed by atoms with Crippen LogP contribution in [0.2, 0.25) is 0 Å². The monoisotopic (exact) mass is 577 g/mol. The van der Waals surface area contributed by atoms with Crippen molar-refractivity contribution in [2.24, 2.45) is 5.10 Å². The molecule has 2 amide bonds. The lowest BCUT2D eigenvalue weighted by molar-refractivity contribution is 0.252. The van der Waals surface area contributed by atoms with Gasteiger partial charge in [0.15, 0.2) is 11.5 Å². The Balaban J connectivity index is 1.65. The summed E-state index contributed by atoms with van der Waals surface area (Å²) in [4.78, 5) is 12.1. The third-order valence-corrected chi connectivity index (χ3v) is 5.90. The number of nitrogens with one attached hydrogen (secondary N) is 2. The Labute approximate surface area is 208 Å². The van der Waals surface area contributed by atoms with Gasteiger partial charge in [-0.1, -0.05) is 28.1 Å². The van der Waals surface area contributed by atoms with E-state index in [4.69, 9.17) is 9.47 Å². The summed E-state index contributed by atoms with van der Waals surface area (Å²) in [5.74, 6) is 0.743. The molecule has 0 aliphatic heterocycles. The van der Waals surface area contributed by atoms with E-state index in [1.54, 1.807) is 30.3 Å². The van der Waals surface area contributed by atoms with Crippen LogP contribution in [0.3, 0.4) is 0 Å². The maximum atomic E-state index is 13.1. The fraction of sp³-hybridized carbons (Fsp3) is 0.167. The van der Waals surface area contributed by atoms with Crippen LogP contribution in [-0.4, -0.2) is 18.9 Å². The zero-order valence-corrected chi connectivity index (χ0v) is 21.2. The lowest BCUT2D eigenvalue weighted by Gasteiger charge is -2.14. The summed E-state index contributed by atoms with van der Waals surface area (Å²) in [6.45, 7) is 4.50. The first-order valence-corrected chi connectivity index (χ1v) is 11.6. The number of urea groups is 1. The first-order valence-electron chi connectivity index (χ1n) is 10.1. The first kappa shape index (κ1) is 24.7. The molecule has 3 rings (SSSR count). The number of carbonyl (C=O) groups is 1. The van der Waals surface area contributed by atoms with Crippen molar-refractivity contribution in [3.8, 4) is 11.5 Å². The first-order chi connectivity index (χ1) is 15.9. The topological polar surface area (TPSA) is 72.0 Å². The molecule has 0 bridgehead atoms. The van der Waals surface area contributed by atoms with Crippen molar-refractivity contribution in [1.29, 1.82) is 0 Å². The molecular weight excluding hydrogens is 557 g/mol. The SMILES string of the molecule is CCOc1cc(/C=N/NC(=O)Nc2ccc(Br)c(C)c2)cc(Br)c1OCc1ccc(F)cc1. The number of nitrogens with zero attached hydrogens (tertiary/aromatic N) is 1. The van der Waals surface area contributed by atoms with Gasteiger partial charge >= 0.3 is 6.03 Å². The number of amides is 2. The van der Waals surface area contributed by atoms with E-state index in [0.717, 1.165) is 15.6 Å². The van der Waals surface area contributed by atoms with Crippen molar-refractivity contribution in [2.45, 2.75) is 20.5 Å². The van der Waals surface area contributed by atoms with Gasteiger partial charge in [-0.2, -0.15) is 5.10 Å². The van der Waals surface area contributed by atoms with Gasteiger partial charge in [0.05, 0.1) is 17.3 Å². The molecule has 3 aromatic rings. The summed E-state index contributed by atoms with van der Waals surface area (Å²) in [6.07, 6.45) is 1.50. The molecule has 0 radical (unpaired) electrons. The van der Waals surface area contributed by atoms with Crippen molar-refractivity contribution >= 4 is 49.8 Å². The van der Waals surface area contributed by atoms with Crippen LogP contribution >= 0.6 is 31.9 Å². The number of benzene rings is 3. The fourth-order valence-corrected chi connectivity index (χ4v) is 3.67. The molecule has 0 spiro atoms. The molecule has 172 valence electrons. The van der Waals surface area contributed by atoms with E-state index in [-0.39, 0.29) is 12.4 Å². The molecule has 0 saturated heterocycles. The zero-order valence-electron chi connectivity index (χ0n) is 18.0. The van der Waals surface area contributed by atoms with Crippen LogP contribution in [-0.2, 0) is 6.61 Å². The van der Waals surface area contributed by atoms with Crippen LogP contribution in [0.5, 0.6) is 11.5 Å². The molecular formula is C24H22Br2FN3O3. The number of aryl methyl sites for hydroxylation is 1. The van der Waals surface area contributed by atoms with E-state index < -0.39 is 6.03 Å². The van der Waals surface area contributed by atoms with Crippen LogP contribution in [0, 0.1) is 12.7 Å². The summed E-state index contributed by atoms with van der Waals surface area (Å²) in [5, 5.41) is 6.72. The lowest BCUT2D eigenvalue weighted by atomic mass is 10.2. The number of rotatable bonds is 8. The van der Waals surface area contributed by atoms with Gasteiger partial charge in [-0.15, -0.1) is 0 Å². The Morgan fingerprint density at radius 1 is 1.06 bits per heavy atom. The van der Waals surface area contributed by atoms with Gasteiger partial charge in [0.2, 0.25) is 0 Å². The van der Waals surface area contributed by atoms with E-state index in [1.807, 2.05) is 26.0 Å². The number of hydrazone groups is 1. The summed E-state index contributed by atoms with van der Waals surface area (Å²) in [7, 11) is 0. The smallest absolute Gasteiger partial charge is 0.339 e. The highest BCUT2D eigenvalue weighted by Crippen LogP contribution is 2.37. The van der Waals surface area contributed by atoms with Crippen LogP contribution in [0.1, 0.15) is 23.6 Å². The maximum absolute atomic E-state index is 13.1. The predicted molar refractivity (Wildman–Crippen MR) is 135 cm³/mol. The number of hydrogen-bond donors (Lipinski definition) is 2. The Hall–Kier alpha value is -2.91. The van der Waals surface area contributed by atoms with Gasteiger partial charge < -0.3 is 14.8 Å². The van der Waals surface area contributed by atoms with Crippen molar-refractivity contribution in [3.05, 3.63) is 86.1 Å². The number of halogens is 3. The molecule has 0 atom stereocenters. The molecule has 0 aliphatic carbocycles. The van der Waals surface area contributed by atoms with E-state index in [1.165, 1.54) is 18.3 Å². The number of carbonyl (C=O) groups excluding carboxylic acids is 1. The maximum Gasteiger partial charge on any atom is 0.339 e. The number of ether oxygens (including phenoxy) is 2. The molecule has 3 aromatic carbocycles. The van der Waals surface area contributed by atoms with Gasteiger partial charge in [0.1, 0.15) is 12.4 Å². The average Bonchev–Trinajstić information content (AvgIpc) is 2.77. The normalized spacial score (nSPS) is 10.8. The standard InChI is InChI=1S/C24H22Br2FN3O3/c1-3-32-22-12-17(11-21(26)23(22)33-14-16-4-6-18(27)7-5-16)13-28-30-24(31)29-19-8-9-20(25)15(2)10-19/h4-13H,3,14H2,1-2H3,(H2,29,30,31)/b28-13+. The second-order valence-electron chi connectivity index (χ2n) is 6.97. The van der Waals surface area contributed by atoms with E-state index >= 15 is 0 Å². The fourth-order valence-electron chi connectivity index (χ4n) is 2.85. The minimum atomic E-state index is -0.462. The molecule has 0 heterocycles. The highest BCUT2D eigenvalue weighted by Gasteiger charge is 2.12. The summed E-state index contributed by atoms with van der Waals surface area (Å²) in [6, 6.07) is 14.7. The predicted octanol–water partition coefficient (Wildman–Crippen LogP) is 6.79. The molecule has 0 saturated carbocycles. The Morgan fingerprint density at radius 3 is 2.52 bits per heavy atom. The summed E-state index contributed by atoms with van der Waals surface area (Å²) < 4.78 is 26.3. The molecule has 0 unspecified atom stereocenters. The van der Waals surface area contributed by atoms with Gasteiger partial charge in [0, 0.05) is 10.2 Å². The molecule has 6 nitrogen and oxygen atoms in total. The van der Waals surface area contributed by atoms with Crippen LogP contribution in [0.4, 0.5) is 14.9 Å². The second kappa shape index (κ2) is 11.8. The highest BCUT2D eigenvalue weighted by molar-refractivity contribution is 9.10. The van der Waals surface area contributed by atoms with E-state index in [9.17, 15) is 9.18 Å². The van der Waals surface area contributed by atoms with Crippen LogP contribution in [0.15, 0.2) is 68.6 Å². The largest absolute Gasteiger partial charge is 0.490 e. The third kappa shape index (κ3) is 7.30. The van der Waals surface area contributed by atoms with E-state index in [0.29, 0.717) is 33.8 Å². The van der Waals surface area contributed by atoms with Crippen molar-refractivity contribution in [1.82, 2.24) is 5.43 Å². The zero-order chi connectivity index (χ0) is 23.8. The second-order valence-corrected chi connectivity index (χ2v) is 8.67. The molecule has 0 aromatic heterocycles. The average molecular weight is 579 g/mol. The van der Waals surface area contributed by atoms with Crippen LogP contribution < -0.4 is 20.2 Å². The molecule has 0 fully saturated rings. The molecule has 2 N–H and O–H groups in total. The Bertz CT molecular complexity index is 1150. The van der Waals surface area contributed by atoms with Gasteiger partial charge in [-0.05, 0) is 88.9 Å². The molecule has 0 aliphatic rings. The third-order valence-electron chi connectivity index (χ3n) is 4.42. The van der Waals surface area contributed by atoms with Crippen molar-refractivity contribution < 1.29 is 18.7 Å². The van der Waals surface area contributed by atoms with Crippen LogP contribution in [0.25, 0.3) is 0 Å². The highest BCUT2D eigenvalue weighted by atomic mass is 79.9. The molecule has 33 heavy (non-hydrogen) atoms.